The zero-order valence-corrected chi connectivity index (χ0v) is 11.9. The number of carbonyl (C=O) groups is 1. The molecule has 106 valence electrons. The Balaban J connectivity index is 2.23. The molecular weight excluding hydrogens is 240 g/mol. The van der Waals surface area contributed by atoms with Crippen LogP contribution in [-0.4, -0.2) is 32.7 Å². The zero-order valence-electron chi connectivity index (χ0n) is 11.9. The van der Waals surface area contributed by atoms with Gasteiger partial charge in [0.25, 0.3) is 0 Å². The van der Waals surface area contributed by atoms with Crippen LogP contribution in [0.3, 0.4) is 0 Å². The van der Waals surface area contributed by atoms with Gasteiger partial charge in [-0.2, -0.15) is 0 Å². The third-order valence-electron chi connectivity index (χ3n) is 2.90. The second-order valence-electron chi connectivity index (χ2n) is 4.41. The summed E-state index contributed by atoms with van der Waals surface area (Å²) >= 11 is 0. The number of carbonyl (C=O) groups excluding carboxylic acids is 1. The van der Waals surface area contributed by atoms with Gasteiger partial charge in [-0.05, 0) is 31.0 Å². The first-order valence-corrected chi connectivity index (χ1v) is 6.85. The predicted molar refractivity (Wildman–Crippen MR) is 78.4 cm³/mol. The fraction of sp³-hybridized carbons (Fsp3) is 0.533. The van der Waals surface area contributed by atoms with Gasteiger partial charge >= 0.3 is 0 Å². The molecule has 1 aromatic carbocycles. The van der Waals surface area contributed by atoms with E-state index in [2.05, 4.69) is 17.6 Å². The van der Waals surface area contributed by atoms with E-state index in [1.807, 2.05) is 24.3 Å². The molecule has 0 atom stereocenters. The van der Waals surface area contributed by atoms with E-state index in [9.17, 15) is 4.79 Å². The van der Waals surface area contributed by atoms with Crippen LogP contribution in [0, 0.1) is 0 Å². The minimum atomic E-state index is 0.0557. The lowest BCUT2D eigenvalue weighted by atomic mass is 10.1. The summed E-state index contributed by atoms with van der Waals surface area (Å²) in [4.78, 5) is 11.8. The molecule has 0 unspecified atom stereocenters. The van der Waals surface area contributed by atoms with E-state index in [1.165, 1.54) is 5.56 Å². The summed E-state index contributed by atoms with van der Waals surface area (Å²) in [6.45, 7) is 4.42. The smallest absolute Gasteiger partial charge is 0.225 e. The molecule has 1 rings (SSSR count). The number of rotatable bonds is 9. The number of hydrogen-bond donors (Lipinski definition) is 2. The van der Waals surface area contributed by atoms with E-state index < -0.39 is 0 Å². The monoisotopic (exact) mass is 264 g/mol. The van der Waals surface area contributed by atoms with Crippen molar-refractivity contribution in [1.82, 2.24) is 5.32 Å². The van der Waals surface area contributed by atoms with Crippen molar-refractivity contribution in [3.8, 4) is 0 Å². The van der Waals surface area contributed by atoms with Gasteiger partial charge in [0, 0.05) is 32.4 Å². The lowest BCUT2D eigenvalue weighted by Gasteiger charge is -2.10. The molecule has 0 saturated carbocycles. The van der Waals surface area contributed by atoms with E-state index in [1.54, 1.807) is 7.11 Å². The molecule has 0 saturated heterocycles. The summed E-state index contributed by atoms with van der Waals surface area (Å²) in [6.07, 6.45) is 2.38. The Kier molecular flexibility index (Phi) is 7.86. The maximum absolute atomic E-state index is 11.8. The highest BCUT2D eigenvalue weighted by molar-refractivity contribution is 5.91. The summed E-state index contributed by atoms with van der Waals surface area (Å²) in [5.41, 5.74) is 2.10. The Hall–Kier alpha value is -1.39. The van der Waals surface area contributed by atoms with Crippen molar-refractivity contribution < 1.29 is 9.53 Å². The zero-order chi connectivity index (χ0) is 13.9. The maximum atomic E-state index is 11.8. The van der Waals surface area contributed by atoms with E-state index in [4.69, 9.17) is 4.74 Å². The first kappa shape index (κ1) is 15.7. The fourth-order valence-corrected chi connectivity index (χ4v) is 1.83. The lowest BCUT2D eigenvalue weighted by molar-refractivity contribution is -0.116. The summed E-state index contributed by atoms with van der Waals surface area (Å²) in [6, 6.07) is 7.92. The number of hydrogen-bond acceptors (Lipinski definition) is 3. The molecule has 0 aliphatic carbocycles. The van der Waals surface area contributed by atoms with Crippen molar-refractivity contribution in [2.45, 2.75) is 26.2 Å². The maximum Gasteiger partial charge on any atom is 0.225 e. The standard InChI is InChI=1S/C15H24N2O2/c1-3-13-7-4-5-8-14(13)17-15(18)9-11-16-10-6-12-19-2/h4-5,7-8,16H,3,6,9-12H2,1-2H3,(H,17,18). The topological polar surface area (TPSA) is 50.4 Å². The van der Waals surface area contributed by atoms with Gasteiger partial charge in [-0.15, -0.1) is 0 Å². The SMILES string of the molecule is CCc1ccccc1NC(=O)CCNCCCOC. The number of ether oxygens (including phenoxy) is 1. The van der Waals surface area contributed by atoms with Gasteiger partial charge in [0.05, 0.1) is 0 Å². The Bertz CT molecular complexity index is 380. The van der Waals surface area contributed by atoms with Crippen molar-refractivity contribution in [2.75, 3.05) is 32.1 Å². The van der Waals surface area contributed by atoms with Gasteiger partial charge < -0.3 is 15.4 Å². The molecule has 0 bridgehead atoms. The van der Waals surface area contributed by atoms with Gasteiger partial charge in [0.1, 0.15) is 0 Å². The minimum absolute atomic E-state index is 0.0557. The van der Waals surface area contributed by atoms with Crippen LogP contribution in [0.15, 0.2) is 24.3 Å². The molecule has 0 aromatic heterocycles. The van der Waals surface area contributed by atoms with Gasteiger partial charge in [-0.25, -0.2) is 0 Å². The molecule has 1 amide bonds. The largest absolute Gasteiger partial charge is 0.385 e. The van der Waals surface area contributed by atoms with Crippen LogP contribution >= 0.6 is 0 Å². The highest BCUT2D eigenvalue weighted by Crippen LogP contribution is 2.15. The number of nitrogens with one attached hydrogen (secondary N) is 2. The van der Waals surface area contributed by atoms with E-state index in [0.29, 0.717) is 13.0 Å². The molecule has 0 fully saturated rings. The van der Waals surface area contributed by atoms with E-state index in [0.717, 1.165) is 31.7 Å². The molecule has 0 radical (unpaired) electrons. The summed E-state index contributed by atoms with van der Waals surface area (Å²) in [5, 5.41) is 6.18. The normalized spacial score (nSPS) is 10.4. The Morgan fingerprint density at radius 2 is 2.05 bits per heavy atom. The number of benzene rings is 1. The molecule has 0 spiro atoms. The number of aryl methyl sites for hydroxylation is 1. The average Bonchev–Trinajstić information content (AvgIpc) is 2.43. The average molecular weight is 264 g/mol. The number of methoxy groups -OCH3 is 1. The van der Waals surface area contributed by atoms with Gasteiger partial charge in [-0.1, -0.05) is 25.1 Å². The van der Waals surface area contributed by atoms with Crippen LogP contribution in [0.25, 0.3) is 0 Å². The van der Waals surface area contributed by atoms with Gasteiger partial charge in [0.2, 0.25) is 5.91 Å². The third-order valence-corrected chi connectivity index (χ3v) is 2.90. The van der Waals surface area contributed by atoms with Gasteiger partial charge in [-0.3, -0.25) is 4.79 Å². The summed E-state index contributed by atoms with van der Waals surface area (Å²) < 4.78 is 4.95. The number of para-hydroxylation sites is 1. The molecule has 0 aliphatic rings. The quantitative estimate of drug-likeness (QED) is 0.672. The molecule has 0 heterocycles. The van der Waals surface area contributed by atoms with Crippen LogP contribution < -0.4 is 10.6 Å². The highest BCUT2D eigenvalue weighted by Gasteiger charge is 2.04. The molecule has 4 nitrogen and oxygen atoms in total. The predicted octanol–water partition coefficient (Wildman–Crippen LogP) is 2.20. The van der Waals surface area contributed by atoms with Crippen LogP contribution in [0.2, 0.25) is 0 Å². The molecule has 2 N–H and O–H groups in total. The molecular formula is C15H24N2O2. The lowest BCUT2D eigenvalue weighted by Crippen LogP contribution is -2.23. The molecule has 1 aromatic rings. The van der Waals surface area contributed by atoms with Crippen molar-refractivity contribution in [3.63, 3.8) is 0 Å². The van der Waals surface area contributed by atoms with E-state index >= 15 is 0 Å². The summed E-state index contributed by atoms with van der Waals surface area (Å²) in [7, 11) is 1.69. The Labute approximate surface area is 115 Å². The van der Waals surface area contributed by atoms with Crippen LogP contribution in [0.1, 0.15) is 25.3 Å². The van der Waals surface area contributed by atoms with Crippen molar-refractivity contribution in [2.24, 2.45) is 0 Å². The molecule has 4 heteroatoms. The number of anilines is 1. The van der Waals surface area contributed by atoms with Crippen LogP contribution in [0.5, 0.6) is 0 Å². The highest BCUT2D eigenvalue weighted by atomic mass is 16.5. The first-order chi connectivity index (χ1) is 9.27. The van der Waals surface area contributed by atoms with Crippen molar-refractivity contribution in [3.05, 3.63) is 29.8 Å². The van der Waals surface area contributed by atoms with Gasteiger partial charge in [0.15, 0.2) is 0 Å². The van der Waals surface area contributed by atoms with Crippen LogP contribution in [0.4, 0.5) is 5.69 Å². The Morgan fingerprint density at radius 3 is 2.79 bits per heavy atom. The first-order valence-electron chi connectivity index (χ1n) is 6.85. The third kappa shape index (κ3) is 6.36. The second kappa shape index (κ2) is 9.53. The number of amides is 1. The summed E-state index contributed by atoms with van der Waals surface area (Å²) in [5.74, 6) is 0.0557. The fourth-order valence-electron chi connectivity index (χ4n) is 1.83. The minimum Gasteiger partial charge on any atom is -0.385 e. The second-order valence-corrected chi connectivity index (χ2v) is 4.41. The van der Waals surface area contributed by atoms with Crippen LogP contribution in [-0.2, 0) is 16.0 Å². The molecule has 19 heavy (non-hydrogen) atoms. The molecule has 0 aliphatic heterocycles. The Morgan fingerprint density at radius 1 is 1.26 bits per heavy atom. The van der Waals surface area contributed by atoms with Crippen molar-refractivity contribution in [1.29, 1.82) is 0 Å². The van der Waals surface area contributed by atoms with Crippen molar-refractivity contribution >= 4 is 11.6 Å². The van der Waals surface area contributed by atoms with E-state index in [-0.39, 0.29) is 5.91 Å².